The Hall–Kier alpha value is -3.33. The van der Waals surface area contributed by atoms with Crippen LogP contribution in [0.4, 0.5) is 5.82 Å². The molecule has 0 spiro atoms. The fourth-order valence-electron chi connectivity index (χ4n) is 2.85. The Morgan fingerprint density at radius 2 is 1.96 bits per heavy atom. The van der Waals surface area contributed by atoms with E-state index in [4.69, 9.17) is 10.8 Å². The number of nitrogen functional groups attached to an aromatic ring is 1. The number of aryl methyl sites for hydroxylation is 1. The van der Waals surface area contributed by atoms with Gasteiger partial charge in [-0.05, 0) is 31.5 Å². The Morgan fingerprint density at radius 1 is 1.27 bits per heavy atom. The van der Waals surface area contributed by atoms with E-state index in [0.29, 0.717) is 5.82 Å². The normalized spacial score (nSPS) is 11.2. The fourth-order valence-corrected chi connectivity index (χ4v) is 2.85. The van der Waals surface area contributed by atoms with Crippen molar-refractivity contribution in [2.24, 2.45) is 12.5 Å². The lowest BCUT2D eigenvalue weighted by atomic mass is 9.90. The number of carbonyl (C=O) groups is 1. The van der Waals surface area contributed by atoms with E-state index >= 15 is 0 Å². The first kappa shape index (κ1) is 17.5. The first-order valence-electron chi connectivity index (χ1n) is 8.18. The lowest BCUT2D eigenvalue weighted by Gasteiger charge is -2.13. The Labute approximate surface area is 151 Å². The van der Waals surface area contributed by atoms with Gasteiger partial charge in [0.15, 0.2) is 0 Å². The summed E-state index contributed by atoms with van der Waals surface area (Å²) in [6, 6.07) is 7.76. The van der Waals surface area contributed by atoms with Gasteiger partial charge in [-0.15, -0.1) is 0 Å². The number of hydrogen-bond donors (Lipinski definition) is 2. The Balaban J connectivity index is 1.94. The molecule has 132 valence electrons. The van der Waals surface area contributed by atoms with Crippen molar-refractivity contribution in [3.8, 4) is 23.0 Å². The number of benzene rings is 1. The van der Waals surface area contributed by atoms with Crippen molar-refractivity contribution in [2.45, 2.75) is 20.3 Å². The smallest absolute Gasteiger partial charge is 0.304 e. The third kappa shape index (κ3) is 3.52. The minimum absolute atomic E-state index is 0.00731. The van der Waals surface area contributed by atoms with Crippen LogP contribution in [0.15, 0.2) is 36.8 Å². The Kier molecular flexibility index (Phi) is 4.39. The van der Waals surface area contributed by atoms with Crippen molar-refractivity contribution >= 4 is 22.8 Å². The molecular formula is C20H20N4O2. The van der Waals surface area contributed by atoms with Gasteiger partial charge in [0.2, 0.25) is 0 Å². The maximum atomic E-state index is 10.9. The predicted molar refractivity (Wildman–Crippen MR) is 101 cm³/mol. The van der Waals surface area contributed by atoms with Gasteiger partial charge in [0.1, 0.15) is 17.8 Å². The third-order valence-corrected chi connectivity index (χ3v) is 4.12. The highest BCUT2D eigenvalue weighted by atomic mass is 16.4. The molecule has 0 aliphatic rings. The topological polar surface area (TPSA) is 94.0 Å². The zero-order valence-corrected chi connectivity index (χ0v) is 14.9. The van der Waals surface area contributed by atoms with E-state index in [1.54, 1.807) is 0 Å². The van der Waals surface area contributed by atoms with Gasteiger partial charge >= 0.3 is 5.97 Å². The van der Waals surface area contributed by atoms with Gasteiger partial charge < -0.3 is 15.4 Å². The van der Waals surface area contributed by atoms with Gasteiger partial charge in [-0.2, -0.15) is 0 Å². The molecule has 0 saturated carbocycles. The molecule has 0 bridgehead atoms. The molecule has 0 amide bonds. The number of anilines is 1. The fraction of sp³-hybridized carbons (Fsp3) is 0.250. The van der Waals surface area contributed by atoms with E-state index in [0.717, 1.165) is 27.7 Å². The number of carboxylic acid groups (broad SMARTS) is 1. The zero-order valence-electron chi connectivity index (χ0n) is 14.9. The van der Waals surface area contributed by atoms with Gasteiger partial charge in [0.05, 0.1) is 11.8 Å². The summed E-state index contributed by atoms with van der Waals surface area (Å²) in [6.07, 6.45) is 3.44. The highest BCUT2D eigenvalue weighted by molar-refractivity contribution is 6.00. The predicted octanol–water partition coefficient (Wildman–Crippen LogP) is 3.07. The van der Waals surface area contributed by atoms with Crippen LogP contribution in [-0.4, -0.2) is 25.6 Å². The Bertz CT molecular complexity index is 1040. The van der Waals surface area contributed by atoms with Crippen LogP contribution in [0, 0.1) is 17.3 Å². The minimum atomic E-state index is -0.851. The lowest BCUT2D eigenvalue weighted by Crippen LogP contribution is -2.14. The lowest BCUT2D eigenvalue weighted by molar-refractivity contribution is -0.138. The summed E-state index contributed by atoms with van der Waals surface area (Å²) in [6.45, 7) is 3.64. The molecule has 0 saturated heterocycles. The standard InChI is InChI=1S/C20H20N4O2/c1-20(2,10-16(25)26)9-8-13-4-6-14(7-5-13)15-11-24(3)19-17(15)18(21)22-12-23-19/h4-7,11-12H,10H2,1-3H3,(H,25,26)(H2,21,22,23). The van der Waals surface area contributed by atoms with E-state index in [1.807, 2.05) is 55.9 Å². The van der Waals surface area contributed by atoms with E-state index in [1.165, 1.54) is 6.33 Å². The number of nitrogens with zero attached hydrogens (tertiary/aromatic N) is 3. The molecule has 3 aromatic rings. The molecule has 0 atom stereocenters. The summed E-state index contributed by atoms with van der Waals surface area (Å²) in [5.41, 5.74) is 9.03. The quantitative estimate of drug-likeness (QED) is 0.710. The second kappa shape index (κ2) is 6.52. The molecule has 3 N–H and O–H groups in total. The maximum absolute atomic E-state index is 10.9. The van der Waals surface area contributed by atoms with Crippen LogP contribution in [0.2, 0.25) is 0 Å². The van der Waals surface area contributed by atoms with Crippen LogP contribution >= 0.6 is 0 Å². The van der Waals surface area contributed by atoms with Gasteiger partial charge in [0.25, 0.3) is 0 Å². The van der Waals surface area contributed by atoms with E-state index in [2.05, 4.69) is 21.8 Å². The summed E-state index contributed by atoms with van der Waals surface area (Å²) < 4.78 is 1.92. The molecule has 0 fully saturated rings. The highest BCUT2D eigenvalue weighted by Crippen LogP contribution is 2.32. The average Bonchev–Trinajstić information content (AvgIpc) is 2.91. The van der Waals surface area contributed by atoms with Gasteiger partial charge in [-0.1, -0.05) is 24.0 Å². The number of aliphatic carboxylic acids is 1. The monoisotopic (exact) mass is 348 g/mol. The number of hydrogen-bond acceptors (Lipinski definition) is 4. The number of rotatable bonds is 3. The highest BCUT2D eigenvalue weighted by Gasteiger charge is 2.18. The van der Waals surface area contributed by atoms with E-state index in [-0.39, 0.29) is 6.42 Å². The number of fused-ring (bicyclic) bond motifs is 1. The molecule has 26 heavy (non-hydrogen) atoms. The van der Waals surface area contributed by atoms with Crippen molar-refractivity contribution in [1.29, 1.82) is 0 Å². The second-order valence-electron chi connectivity index (χ2n) is 6.89. The molecule has 3 rings (SSSR count). The Morgan fingerprint density at radius 3 is 2.62 bits per heavy atom. The van der Waals surface area contributed by atoms with Gasteiger partial charge in [-0.25, -0.2) is 9.97 Å². The molecule has 6 heteroatoms. The van der Waals surface area contributed by atoms with Crippen LogP contribution in [0.3, 0.4) is 0 Å². The SMILES string of the molecule is Cn1cc(-c2ccc(C#CC(C)(C)CC(=O)O)cc2)c2c(N)ncnc21. The first-order valence-corrected chi connectivity index (χ1v) is 8.18. The van der Waals surface area contributed by atoms with E-state index in [9.17, 15) is 4.79 Å². The van der Waals surface area contributed by atoms with Crippen molar-refractivity contribution < 1.29 is 9.90 Å². The molecule has 0 radical (unpaired) electrons. The molecule has 0 aliphatic carbocycles. The van der Waals surface area contributed by atoms with Crippen LogP contribution in [0.1, 0.15) is 25.8 Å². The maximum Gasteiger partial charge on any atom is 0.304 e. The number of carboxylic acids is 1. The third-order valence-electron chi connectivity index (χ3n) is 4.12. The van der Waals surface area contributed by atoms with Crippen molar-refractivity contribution in [3.05, 3.63) is 42.4 Å². The van der Waals surface area contributed by atoms with Crippen molar-refractivity contribution in [2.75, 3.05) is 5.73 Å². The molecule has 2 aromatic heterocycles. The molecule has 0 unspecified atom stereocenters. The molecule has 6 nitrogen and oxygen atoms in total. The van der Waals surface area contributed by atoms with Crippen molar-refractivity contribution in [1.82, 2.24) is 14.5 Å². The van der Waals surface area contributed by atoms with Gasteiger partial charge in [-0.3, -0.25) is 4.79 Å². The van der Waals surface area contributed by atoms with Crippen LogP contribution in [-0.2, 0) is 11.8 Å². The molecule has 0 aliphatic heterocycles. The summed E-state index contributed by atoms with van der Waals surface area (Å²) in [5, 5.41) is 9.76. The van der Waals surface area contributed by atoms with E-state index < -0.39 is 11.4 Å². The minimum Gasteiger partial charge on any atom is -0.481 e. The summed E-state index contributed by atoms with van der Waals surface area (Å²) in [4.78, 5) is 19.2. The number of nitrogens with two attached hydrogens (primary N) is 1. The average molecular weight is 348 g/mol. The van der Waals surface area contributed by atoms with Crippen LogP contribution < -0.4 is 5.73 Å². The molecule has 2 heterocycles. The van der Waals surface area contributed by atoms with Crippen LogP contribution in [0.25, 0.3) is 22.2 Å². The zero-order chi connectivity index (χ0) is 18.9. The summed E-state index contributed by atoms with van der Waals surface area (Å²) in [5.74, 6) is 5.69. The second-order valence-corrected chi connectivity index (χ2v) is 6.89. The first-order chi connectivity index (χ1) is 12.3. The van der Waals surface area contributed by atoms with Crippen molar-refractivity contribution in [3.63, 3.8) is 0 Å². The summed E-state index contributed by atoms with van der Waals surface area (Å²) in [7, 11) is 1.92. The molecular weight excluding hydrogens is 328 g/mol. The molecule has 1 aromatic carbocycles. The van der Waals surface area contributed by atoms with Gasteiger partial charge in [0, 0.05) is 29.8 Å². The number of aromatic nitrogens is 3. The van der Waals surface area contributed by atoms with Crippen LogP contribution in [0.5, 0.6) is 0 Å². The summed E-state index contributed by atoms with van der Waals surface area (Å²) >= 11 is 0. The largest absolute Gasteiger partial charge is 0.481 e.